The van der Waals surface area contributed by atoms with Crippen molar-refractivity contribution in [2.24, 2.45) is 0 Å². The number of ether oxygens (including phenoxy) is 1. The largest absolute Gasteiger partial charge is 0.465 e. The van der Waals surface area contributed by atoms with Gasteiger partial charge in [-0.05, 0) is 12.1 Å². The van der Waals surface area contributed by atoms with Crippen LogP contribution in [-0.2, 0) is 4.74 Å². The average Bonchev–Trinajstić information content (AvgIpc) is 2.74. The lowest BCUT2D eigenvalue weighted by Crippen LogP contribution is -2.28. The van der Waals surface area contributed by atoms with Crippen molar-refractivity contribution in [2.45, 2.75) is 0 Å². The van der Waals surface area contributed by atoms with Gasteiger partial charge in [-0.25, -0.2) is 14.6 Å². The van der Waals surface area contributed by atoms with E-state index in [-0.39, 0.29) is 6.03 Å². The summed E-state index contributed by atoms with van der Waals surface area (Å²) >= 11 is 0. The summed E-state index contributed by atoms with van der Waals surface area (Å²) in [5, 5.41) is 2.66. The topological polar surface area (TPSA) is 71.5 Å². The molecular formula is C10H11N3O3. The van der Waals surface area contributed by atoms with Gasteiger partial charge in [0.2, 0.25) is 0 Å². The van der Waals surface area contributed by atoms with Gasteiger partial charge in [-0.15, -0.1) is 0 Å². The van der Waals surface area contributed by atoms with Crippen molar-refractivity contribution >= 4 is 17.8 Å². The van der Waals surface area contributed by atoms with Gasteiger partial charge in [0.25, 0.3) is 0 Å². The van der Waals surface area contributed by atoms with Crippen LogP contribution in [0.5, 0.6) is 0 Å². The first-order chi connectivity index (χ1) is 7.72. The summed E-state index contributed by atoms with van der Waals surface area (Å²) in [5.41, 5.74) is 0.382. The van der Waals surface area contributed by atoms with Crippen LogP contribution in [0.25, 0.3) is 0 Å². The van der Waals surface area contributed by atoms with Gasteiger partial charge in [0.05, 0.1) is 12.7 Å². The molecule has 1 saturated heterocycles. The van der Waals surface area contributed by atoms with Crippen LogP contribution in [0, 0.1) is 0 Å². The molecule has 0 aliphatic carbocycles. The molecule has 1 fully saturated rings. The molecule has 0 radical (unpaired) electrons. The highest BCUT2D eigenvalue weighted by atomic mass is 16.5. The van der Waals surface area contributed by atoms with E-state index in [2.05, 4.69) is 15.0 Å². The minimum Gasteiger partial charge on any atom is -0.465 e. The van der Waals surface area contributed by atoms with E-state index in [0.29, 0.717) is 24.5 Å². The van der Waals surface area contributed by atoms with E-state index >= 15 is 0 Å². The van der Waals surface area contributed by atoms with Gasteiger partial charge in [-0.1, -0.05) is 0 Å². The molecule has 0 aromatic carbocycles. The Morgan fingerprint density at radius 2 is 2.44 bits per heavy atom. The standard InChI is InChI=1S/C10H11N3O3/c1-16-9(14)7-2-3-11-8(6-7)13-5-4-12-10(13)15/h2-3,6H,4-5H2,1H3,(H,12,15). The third-order valence-corrected chi connectivity index (χ3v) is 2.30. The second kappa shape index (κ2) is 4.18. The number of nitrogens with one attached hydrogen (secondary N) is 1. The number of carbonyl (C=O) groups is 2. The van der Waals surface area contributed by atoms with Crippen LogP contribution in [-0.4, -0.2) is 37.2 Å². The number of methoxy groups -OCH3 is 1. The normalized spacial score (nSPS) is 14.8. The molecule has 0 bridgehead atoms. The fourth-order valence-corrected chi connectivity index (χ4v) is 1.50. The molecule has 2 amide bonds. The Bertz CT molecular complexity index is 433. The minimum atomic E-state index is -0.441. The molecule has 1 aliphatic rings. The quantitative estimate of drug-likeness (QED) is 0.734. The summed E-state index contributed by atoms with van der Waals surface area (Å²) in [6.07, 6.45) is 1.48. The molecule has 1 aliphatic heterocycles. The average molecular weight is 221 g/mol. The first-order valence-electron chi connectivity index (χ1n) is 4.82. The number of rotatable bonds is 2. The van der Waals surface area contributed by atoms with Gasteiger partial charge < -0.3 is 10.1 Å². The van der Waals surface area contributed by atoms with Gasteiger partial charge in [0.1, 0.15) is 5.82 Å². The van der Waals surface area contributed by atoms with E-state index in [1.807, 2.05) is 0 Å². The Hall–Kier alpha value is -2.11. The summed E-state index contributed by atoms with van der Waals surface area (Å²) in [5.74, 6) is 0.0150. The van der Waals surface area contributed by atoms with Crippen molar-refractivity contribution < 1.29 is 14.3 Å². The third kappa shape index (κ3) is 1.81. The Kier molecular flexibility index (Phi) is 2.72. The van der Waals surface area contributed by atoms with E-state index in [1.54, 1.807) is 6.07 Å². The van der Waals surface area contributed by atoms with Gasteiger partial charge in [-0.2, -0.15) is 0 Å². The number of esters is 1. The molecule has 16 heavy (non-hydrogen) atoms. The Labute approximate surface area is 92.2 Å². The monoisotopic (exact) mass is 221 g/mol. The molecule has 2 rings (SSSR count). The smallest absolute Gasteiger partial charge is 0.338 e. The molecule has 0 atom stereocenters. The van der Waals surface area contributed by atoms with E-state index in [1.165, 1.54) is 24.3 Å². The van der Waals surface area contributed by atoms with Crippen molar-refractivity contribution in [1.82, 2.24) is 10.3 Å². The summed E-state index contributed by atoms with van der Waals surface area (Å²) in [6, 6.07) is 2.88. The van der Waals surface area contributed by atoms with Gasteiger partial charge in [-0.3, -0.25) is 4.90 Å². The number of hydrogen-bond acceptors (Lipinski definition) is 4. The second-order valence-corrected chi connectivity index (χ2v) is 3.28. The molecule has 0 spiro atoms. The summed E-state index contributed by atoms with van der Waals surface area (Å²) in [7, 11) is 1.31. The maximum atomic E-state index is 11.4. The van der Waals surface area contributed by atoms with Gasteiger partial charge in [0.15, 0.2) is 0 Å². The summed E-state index contributed by atoms with van der Waals surface area (Å²) in [6.45, 7) is 1.14. The number of nitrogens with zero attached hydrogens (tertiary/aromatic N) is 2. The number of anilines is 1. The highest BCUT2D eigenvalue weighted by molar-refractivity contribution is 5.95. The number of amides is 2. The number of hydrogen-bond donors (Lipinski definition) is 1. The highest BCUT2D eigenvalue weighted by Crippen LogP contribution is 2.15. The zero-order valence-corrected chi connectivity index (χ0v) is 8.77. The van der Waals surface area contributed by atoms with E-state index in [9.17, 15) is 9.59 Å². The first-order valence-corrected chi connectivity index (χ1v) is 4.82. The number of urea groups is 1. The van der Waals surface area contributed by atoms with Crippen LogP contribution < -0.4 is 10.2 Å². The lowest BCUT2D eigenvalue weighted by molar-refractivity contribution is 0.0600. The van der Waals surface area contributed by atoms with E-state index in [4.69, 9.17) is 0 Å². The maximum absolute atomic E-state index is 11.4. The molecule has 1 N–H and O–H groups in total. The van der Waals surface area contributed by atoms with E-state index < -0.39 is 5.97 Å². The first kappa shape index (κ1) is 10.4. The molecule has 6 nitrogen and oxygen atoms in total. The maximum Gasteiger partial charge on any atom is 0.338 e. The van der Waals surface area contributed by atoms with E-state index in [0.717, 1.165) is 0 Å². The molecule has 0 saturated carbocycles. The highest BCUT2D eigenvalue weighted by Gasteiger charge is 2.22. The summed E-state index contributed by atoms with van der Waals surface area (Å²) in [4.78, 5) is 28.2. The number of carbonyl (C=O) groups excluding carboxylic acids is 2. The molecule has 6 heteroatoms. The zero-order chi connectivity index (χ0) is 11.5. The van der Waals surface area contributed by atoms with Crippen LogP contribution in [0.1, 0.15) is 10.4 Å². The van der Waals surface area contributed by atoms with Crippen molar-refractivity contribution in [3.8, 4) is 0 Å². The van der Waals surface area contributed by atoms with Crippen LogP contribution in [0.3, 0.4) is 0 Å². The molecule has 84 valence electrons. The van der Waals surface area contributed by atoms with Crippen molar-refractivity contribution in [3.63, 3.8) is 0 Å². The van der Waals surface area contributed by atoms with Crippen LogP contribution in [0.4, 0.5) is 10.6 Å². The molecule has 2 heterocycles. The zero-order valence-electron chi connectivity index (χ0n) is 8.77. The second-order valence-electron chi connectivity index (χ2n) is 3.28. The Morgan fingerprint density at radius 3 is 3.06 bits per heavy atom. The van der Waals surface area contributed by atoms with Gasteiger partial charge in [0, 0.05) is 19.3 Å². The van der Waals surface area contributed by atoms with Crippen LogP contribution in [0.2, 0.25) is 0 Å². The van der Waals surface area contributed by atoms with Crippen molar-refractivity contribution in [2.75, 3.05) is 25.1 Å². The predicted molar refractivity (Wildman–Crippen MR) is 56.3 cm³/mol. The molecule has 0 unspecified atom stereocenters. The van der Waals surface area contributed by atoms with Crippen molar-refractivity contribution in [3.05, 3.63) is 23.9 Å². The SMILES string of the molecule is COC(=O)c1ccnc(N2CCNC2=O)c1. The minimum absolute atomic E-state index is 0.200. The molecule has 1 aromatic heterocycles. The molecular weight excluding hydrogens is 210 g/mol. The number of pyridine rings is 1. The molecule has 1 aromatic rings. The van der Waals surface area contributed by atoms with Crippen LogP contribution in [0.15, 0.2) is 18.3 Å². The Balaban J connectivity index is 2.28. The van der Waals surface area contributed by atoms with Crippen LogP contribution >= 0.6 is 0 Å². The fraction of sp³-hybridized carbons (Fsp3) is 0.300. The lowest BCUT2D eigenvalue weighted by Gasteiger charge is -2.13. The predicted octanol–water partition coefficient (Wildman–Crippen LogP) is 0.398. The third-order valence-electron chi connectivity index (χ3n) is 2.30. The number of aromatic nitrogens is 1. The Morgan fingerprint density at radius 1 is 1.62 bits per heavy atom. The summed E-state index contributed by atoms with van der Waals surface area (Å²) < 4.78 is 4.59. The van der Waals surface area contributed by atoms with Gasteiger partial charge >= 0.3 is 12.0 Å². The van der Waals surface area contributed by atoms with Crippen molar-refractivity contribution in [1.29, 1.82) is 0 Å². The lowest BCUT2D eigenvalue weighted by atomic mass is 10.2. The fourth-order valence-electron chi connectivity index (χ4n) is 1.50.